The quantitative estimate of drug-likeness (QED) is 0.815. The highest BCUT2D eigenvalue weighted by Crippen LogP contribution is 2.29. The molecule has 0 saturated heterocycles. The van der Waals surface area contributed by atoms with Crippen LogP contribution >= 0.6 is 0 Å². The zero-order valence-corrected chi connectivity index (χ0v) is 13.4. The van der Waals surface area contributed by atoms with Gasteiger partial charge in [-0.2, -0.15) is 0 Å². The van der Waals surface area contributed by atoms with Crippen molar-refractivity contribution in [2.24, 2.45) is 5.92 Å². The summed E-state index contributed by atoms with van der Waals surface area (Å²) in [4.78, 5) is 0. The Morgan fingerprint density at radius 2 is 1.81 bits per heavy atom. The average Bonchev–Trinajstić information content (AvgIpc) is 2.89. The number of benzene rings is 1. The Morgan fingerprint density at radius 3 is 2.62 bits per heavy atom. The molecule has 0 spiro atoms. The third-order valence-electron chi connectivity index (χ3n) is 5.43. The predicted molar refractivity (Wildman–Crippen MR) is 89.3 cm³/mol. The van der Waals surface area contributed by atoms with Gasteiger partial charge in [-0.05, 0) is 49.8 Å². The van der Waals surface area contributed by atoms with Crippen LogP contribution in [-0.4, -0.2) is 12.6 Å². The Bertz CT molecular complexity index is 435. The Kier molecular flexibility index (Phi) is 5.32. The molecule has 1 unspecified atom stereocenters. The van der Waals surface area contributed by atoms with E-state index in [0.29, 0.717) is 12.1 Å². The Hall–Kier alpha value is -0.860. The van der Waals surface area contributed by atoms with E-state index < -0.39 is 0 Å². The van der Waals surface area contributed by atoms with E-state index >= 15 is 0 Å². The van der Waals surface area contributed by atoms with Gasteiger partial charge in [0.05, 0.1) is 0 Å². The summed E-state index contributed by atoms with van der Waals surface area (Å²) in [5.74, 6) is 0.871. The fourth-order valence-corrected chi connectivity index (χ4v) is 4.10. The monoisotopic (exact) mass is 286 g/mol. The largest absolute Gasteiger partial charge is 0.313 e. The van der Waals surface area contributed by atoms with Crippen LogP contribution in [0.4, 0.5) is 0 Å². The zero-order valence-electron chi connectivity index (χ0n) is 13.4. The lowest BCUT2D eigenvalue weighted by Gasteiger charge is -2.29. The van der Waals surface area contributed by atoms with Gasteiger partial charge in [-0.25, -0.2) is 0 Å². The third kappa shape index (κ3) is 3.87. The molecule has 2 heteroatoms. The topological polar surface area (TPSA) is 24.1 Å². The lowest BCUT2D eigenvalue weighted by Crippen LogP contribution is -2.37. The van der Waals surface area contributed by atoms with Crippen LogP contribution in [0, 0.1) is 5.92 Å². The summed E-state index contributed by atoms with van der Waals surface area (Å²) in [7, 11) is 0. The maximum atomic E-state index is 3.97. The van der Waals surface area contributed by atoms with Crippen molar-refractivity contribution in [3.8, 4) is 0 Å². The number of hydrogen-bond donors (Lipinski definition) is 2. The minimum Gasteiger partial charge on any atom is -0.313 e. The lowest BCUT2D eigenvalue weighted by atomic mass is 9.91. The van der Waals surface area contributed by atoms with Crippen molar-refractivity contribution in [2.75, 3.05) is 6.54 Å². The second-order valence-corrected chi connectivity index (χ2v) is 6.92. The van der Waals surface area contributed by atoms with E-state index in [0.717, 1.165) is 19.0 Å². The molecule has 21 heavy (non-hydrogen) atoms. The normalized spacial score (nSPS) is 25.7. The van der Waals surface area contributed by atoms with E-state index in [-0.39, 0.29) is 0 Å². The zero-order chi connectivity index (χ0) is 14.5. The number of rotatable bonds is 3. The first-order valence-corrected chi connectivity index (χ1v) is 8.89. The van der Waals surface area contributed by atoms with Crippen molar-refractivity contribution >= 4 is 0 Å². The molecule has 2 N–H and O–H groups in total. The minimum absolute atomic E-state index is 0.523. The highest BCUT2D eigenvalue weighted by molar-refractivity contribution is 5.31. The summed E-state index contributed by atoms with van der Waals surface area (Å²) in [6.45, 7) is 4.55. The predicted octanol–water partition coefficient (Wildman–Crippen LogP) is 4.17. The van der Waals surface area contributed by atoms with Gasteiger partial charge >= 0.3 is 0 Å². The Labute approximate surface area is 129 Å². The second-order valence-electron chi connectivity index (χ2n) is 6.92. The molecule has 116 valence electrons. The molecule has 1 saturated carbocycles. The molecule has 3 rings (SSSR count). The SMILES string of the molecule is C[C@H](NC1CCNCc2ccccc21)C1CCCCCC1. The molecule has 2 aliphatic rings. The standard InChI is InChI=1S/C19H30N2/c1-15(16-8-4-2-3-5-9-16)21-19-12-13-20-14-17-10-6-7-11-18(17)19/h6-7,10-11,15-16,19-21H,2-5,8-9,12-14H2,1H3/t15-,19?/m0/s1. The molecule has 0 bridgehead atoms. The Morgan fingerprint density at radius 1 is 1.05 bits per heavy atom. The average molecular weight is 286 g/mol. The maximum absolute atomic E-state index is 3.97. The first-order chi connectivity index (χ1) is 10.3. The summed E-state index contributed by atoms with van der Waals surface area (Å²) in [5, 5.41) is 7.53. The van der Waals surface area contributed by atoms with E-state index in [1.165, 1.54) is 56.1 Å². The lowest BCUT2D eigenvalue weighted by molar-refractivity contribution is 0.304. The van der Waals surface area contributed by atoms with Crippen molar-refractivity contribution in [1.29, 1.82) is 0 Å². The fraction of sp³-hybridized carbons (Fsp3) is 0.684. The van der Waals surface area contributed by atoms with Gasteiger partial charge in [-0.1, -0.05) is 49.9 Å². The summed E-state index contributed by atoms with van der Waals surface area (Å²) in [6.07, 6.45) is 9.79. The third-order valence-corrected chi connectivity index (χ3v) is 5.43. The van der Waals surface area contributed by atoms with Crippen molar-refractivity contribution in [3.05, 3.63) is 35.4 Å². The molecule has 0 aromatic heterocycles. The van der Waals surface area contributed by atoms with Crippen LogP contribution in [0.3, 0.4) is 0 Å². The molecule has 0 radical (unpaired) electrons. The highest BCUT2D eigenvalue weighted by Gasteiger charge is 2.24. The summed E-state index contributed by atoms with van der Waals surface area (Å²) < 4.78 is 0. The first-order valence-electron chi connectivity index (χ1n) is 8.89. The van der Waals surface area contributed by atoms with Crippen molar-refractivity contribution in [1.82, 2.24) is 10.6 Å². The molecule has 1 aliphatic carbocycles. The van der Waals surface area contributed by atoms with Crippen LogP contribution in [0.5, 0.6) is 0 Å². The summed E-state index contributed by atoms with van der Waals surface area (Å²) in [6, 6.07) is 10.1. The van der Waals surface area contributed by atoms with E-state index in [4.69, 9.17) is 0 Å². The number of nitrogens with one attached hydrogen (secondary N) is 2. The molecule has 1 heterocycles. The van der Waals surface area contributed by atoms with E-state index in [9.17, 15) is 0 Å². The van der Waals surface area contributed by atoms with Crippen molar-refractivity contribution < 1.29 is 0 Å². The Balaban J connectivity index is 1.68. The van der Waals surface area contributed by atoms with Crippen LogP contribution in [0.2, 0.25) is 0 Å². The fourth-order valence-electron chi connectivity index (χ4n) is 4.10. The first kappa shape index (κ1) is 15.1. The number of fused-ring (bicyclic) bond motifs is 1. The molecular weight excluding hydrogens is 256 g/mol. The van der Waals surface area contributed by atoms with Crippen LogP contribution in [-0.2, 0) is 6.54 Å². The van der Waals surface area contributed by atoms with Crippen LogP contribution in [0.25, 0.3) is 0 Å². The van der Waals surface area contributed by atoms with Gasteiger partial charge in [0.1, 0.15) is 0 Å². The number of hydrogen-bond acceptors (Lipinski definition) is 2. The van der Waals surface area contributed by atoms with E-state index in [1.54, 1.807) is 0 Å². The van der Waals surface area contributed by atoms with Gasteiger partial charge in [0, 0.05) is 18.6 Å². The van der Waals surface area contributed by atoms with E-state index in [1.807, 2.05) is 0 Å². The van der Waals surface area contributed by atoms with Crippen LogP contribution < -0.4 is 10.6 Å². The van der Waals surface area contributed by atoms with Crippen LogP contribution in [0.15, 0.2) is 24.3 Å². The molecule has 1 aromatic carbocycles. The molecule has 2 atom stereocenters. The molecule has 2 nitrogen and oxygen atoms in total. The highest BCUT2D eigenvalue weighted by atomic mass is 15.0. The van der Waals surface area contributed by atoms with E-state index in [2.05, 4.69) is 41.8 Å². The van der Waals surface area contributed by atoms with Gasteiger partial charge < -0.3 is 10.6 Å². The van der Waals surface area contributed by atoms with Crippen molar-refractivity contribution in [2.45, 2.75) is 70.5 Å². The van der Waals surface area contributed by atoms with Gasteiger partial charge in [-0.15, -0.1) is 0 Å². The summed E-state index contributed by atoms with van der Waals surface area (Å²) in [5.41, 5.74) is 2.99. The molecule has 0 amide bonds. The summed E-state index contributed by atoms with van der Waals surface area (Å²) >= 11 is 0. The molecule has 1 aliphatic heterocycles. The molecule has 1 aromatic rings. The minimum atomic E-state index is 0.523. The van der Waals surface area contributed by atoms with Gasteiger partial charge in [0.15, 0.2) is 0 Å². The van der Waals surface area contributed by atoms with Gasteiger partial charge in [-0.3, -0.25) is 0 Å². The van der Waals surface area contributed by atoms with Gasteiger partial charge in [0.25, 0.3) is 0 Å². The van der Waals surface area contributed by atoms with Crippen LogP contribution in [0.1, 0.15) is 69.0 Å². The van der Waals surface area contributed by atoms with Crippen molar-refractivity contribution in [3.63, 3.8) is 0 Å². The van der Waals surface area contributed by atoms with Gasteiger partial charge in [0.2, 0.25) is 0 Å². The smallest absolute Gasteiger partial charge is 0.0337 e. The molecular formula is C19H30N2. The second kappa shape index (κ2) is 7.42. The maximum Gasteiger partial charge on any atom is 0.0337 e. The molecule has 1 fully saturated rings.